The van der Waals surface area contributed by atoms with E-state index in [4.69, 9.17) is 0 Å². The maximum atomic E-state index is 4.09. The van der Waals surface area contributed by atoms with E-state index in [0.717, 1.165) is 19.0 Å². The number of rotatable bonds is 2. The fourth-order valence-corrected chi connectivity index (χ4v) is 1.67. The Balaban J connectivity index is 1.86. The van der Waals surface area contributed by atoms with Crippen molar-refractivity contribution < 1.29 is 0 Å². The molecule has 4 nitrogen and oxygen atoms in total. The lowest BCUT2D eigenvalue weighted by Gasteiger charge is -2.22. The van der Waals surface area contributed by atoms with Crippen molar-refractivity contribution in [3.8, 4) is 0 Å². The van der Waals surface area contributed by atoms with Crippen molar-refractivity contribution in [2.75, 3.05) is 13.1 Å². The molecule has 2 heterocycles. The van der Waals surface area contributed by atoms with Gasteiger partial charge in [0.25, 0.3) is 0 Å². The molecule has 66 valence electrons. The van der Waals surface area contributed by atoms with Gasteiger partial charge in [0.05, 0.1) is 0 Å². The molecule has 1 aliphatic heterocycles. The largest absolute Gasteiger partial charge is 0.316 e. The first kappa shape index (κ1) is 7.73. The summed E-state index contributed by atoms with van der Waals surface area (Å²) < 4.78 is 1.91. The van der Waals surface area contributed by atoms with E-state index in [-0.39, 0.29) is 0 Å². The SMILES string of the molecule is c1ncn(CC2CCCNC2)n1. The van der Waals surface area contributed by atoms with Crippen LogP contribution in [0.15, 0.2) is 12.7 Å². The average molecular weight is 166 g/mol. The summed E-state index contributed by atoms with van der Waals surface area (Å²) in [5.74, 6) is 0.737. The van der Waals surface area contributed by atoms with E-state index in [1.165, 1.54) is 19.4 Å². The fourth-order valence-electron chi connectivity index (χ4n) is 1.67. The maximum absolute atomic E-state index is 4.09. The van der Waals surface area contributed by atoms with Crippen molar-refractivity contribution in [3.63, 3.8) is 0 Å². The second-order valence-electron chi connectivity index (χ2n) is 3.33. The Bertz CT molecular complexity index is 213. The molecular weight excluding hydrogens is 152 g/mol. The summed E-state index contributed by atoms with van der Waals surface area (Å²) in [7, 11) is 0. The minimum atomic E-state index is 0.737. The zero-order valence-electron chi connectivity index (χ0n) is 7.11. The quantitative estimate of drug-likeness (QED) is 0.686. The summed E-state index contributed by atoms with van der Waals surface area (Å²) in [5.41, 5.74) is 0. The molecule has 0 bridgehead atoms. The van der Waals surface area contributed by atoms with E-state index >= 15 is 0 Å². The Kier molecular flexibility index (Phi) is 2.36. The second kappa shape index (κ2) is 3.67. The van der Waals surface area contributed by atoms with Gasteiger partial charge >= 0.3 is 0 Å². The minimum absolute atomic E-state index is 0.737. The number of piperidine rings is 1. The Morgan fingerprint density at radius 1 is 1.58 bits per heavy atom. The maximum Gasteiger partial charge on any atom is 0.137 e. The molecule has 0 aliphatic carbocycles. The number of hydrogen-bond acceptors (Lipinski definition) is 3. The van der Waals surface area contributed by atoms with Crippen LogP contribution in [0.1, 0.15) is 12.8 Å². The van der Waals surface area contributed by atoms with E-state index in [0.29, 0.717) is 0 Å². The smallest absolute Gasteiger partial charge is 0.137 e. The third-order valence-corrected chi connectivity index (χ3v) is 2.31. The summed E-state index contributed by atoms with van der Waals surface area (Å²) in [5, 5.41) is 7.47. The minimum Gasteiger partial charge on any atom is -0.316 e. The highest BCUT2D eigenvalue weighted by Gasteiger charge is 2.13. The number of nitrogens with zero attached hydrogens (tertiary/aromatic N) is 3. The van der Waals surface area contributed by atoms with Gasteiger partial charge in [-0.05, 0) is 31.8 Å². The number of nitrogens with one attached hydrogen (secondary N) is 1. The molecule has 1 atom stereocenters. The molecule has 2 rings (SSSR count). The lowest BCUT2D eigenvalue weighted by molar-refractivity contribution is 0.325. The van der Waals surface area contributed by atoms with Crippen molar-refractivity contribution >= 4 is 0 Å². The molecule has 1 unspecified atom stereocenters. The van der Waals surface area contributed by atoms with Crippen molar-refractivity contribution in [1.82, 2.24) is 20.1 Å². The number of aromatic nitrogens is 3. The van der Waals surface area contributed by atoms with Crippen LogP contribution in [0.3, 0.4) is 0 Å². The molecule has 0 amide bonds. The zero-order chi connectivity index (χ0) is 8.23. The van der Waals surface area contributed by atoms with Crippen LogP contribution in [0.25, 0.3) is 0 Å². The highest BCUT2D eigenvalue weighted by molar-refractivity contribution is 4.69. The van der Waals surface area contributed by atoms with E-state index in [2.05, 4.69) is 15.4 Å². The van der Waals surface area contributed by atoms with Gasteiger partial charge in [0.2, 0.25) is 0 Å². The molecule has 0 aromatic carbocycles. The first-order valence-electron chi connectivity index (χ1n) is 4.48. The Morgan fingerprint density at radius 3 is 3.25 bits per heavy atom. The summed E-state index contributed by atoms with van der Waals surface area (Å²) in [6.45, 7) is 3.31. The molecule has 1 aromatic rings. The molecule has 0 radical (unpaired) electrons. The monoisotopic (exact) mass is 166 g/mol. The van der Waals surface area contributed by atoms with Gasteiger partial charge in [0, 0.05) is 6.54 Å². The van der Waals surface area contributed by atoms with Gasteiger partial charge in [-0.2, -0.15) is 5.10 Å². The average Bonchev–Trinajstić information content (AvgIpc) is 2.59. The van der Waals surface area contributed by atoms with Gasteiger partial charge < -0.3 is 5.32 Å². The standard InChI is InChI=1S/C8H14N4/c1-2-8(4-9-3-1)5-12-7-10-6-11-12/h6-9H,1-5H2. The second-order valence-corrected chi connectivity index (χ2v) is 3.33. The molecule has 1 aromatic heterocycles. The van der Waals surface area contributed by atoms with Crippen LogP contribution in [0.5, 0.6) is 0 Å². The molecule has 1 N–H and O–H groups in total. The van der Waals surface area contributed by atoms with E-state index < -0.39 is 0 Å². The Labute approximate surface area is 72.0 Å². The van der Waals surface area contributed by atoms with Crippen LogP contribution in [-0.2, 0) is 6.54 Å². The molecule has 1 aliphatic rings. The molecule has 1 fully saturated rings. The van der Waals surface area contributed by atoms with Crippen LogP contribution in [0.4, 0.5) is 0 Å². The first-order chi connectivity index (χ1) is 5.95. The highest BCUT2D eigenvalue weighted by atomic mass is 15.3. The van der Waals surface area contributed by atoms with Gasteiger partial charge in [-0.15, -0.1) is 0 Å². The number of hydrogen-bond donors (Lipinski definition) is 1. The third-order valence-electron chi connectivity index (χ3n) is 2.31. The Morgan fingerprint density at radius 2 is 2.58 bits per heavy atom. The predicted octanol–water partition coefficient (Wildman–Crippen LogP) is 0.278. The highest BCUT2D eigenvalue weighted by Crippen LogP contribution is 2.11. The van der Waals surface area contributed by atoms with Gasteiger partial charge in [-0.25, -0.2) is 4.98 Å². The van der Waals surface area contributed by atoms with Gasteiger partial charge in [0.1, 0.15) is 12.7 Å². The van der Waals surface area contributed by atoms with E-state index in [1.54, 1.807) is 12.7 Å². The van der Waals surface area contributed by atoms with Gasteiger partial charge in [-0.1, -0.05) is 0 Å². The summed E-state index contributed by atoms with van der Waals surface area (Å²) in [4.78, 5) is 3.92. The van der Waals surface area contributed by atoms with Gasteiger partial charge in [-0.3, -0.25) is 4.68 Å². The lowest BCUT2D eigenvalue weighted by Crippen LogP contribution is -2.32. The van der Waals surface area contributed by atoms with Gasteiger partial charge in [0.15, 0.2) is 0 Å². The van der Waals surface area contributed by atoms with Crippen LogP contribution in [0, 0.1) is 5.92 Å². The van der Waals surface area contributed by atoms with Crippen molar-refractivity contribution in [2.24, 2.45) is 5.92 Å². The van der Waals surface area contributed by atoms with Crippen molar-refractivity contribution in [2.45, 2.75) is 19.4 Å². The van der Waals surface area contributed by atoms with Crippen LogP contribution in [-0.4, -0.2) is 27.9 Å². The normalized spacial score (nSPS) is 24.2. The molecular formula is C8H14N4. The van der Waals surface area contributed by atoms with Crippen LogP contribution >= 0.6 is 0 Å². The van der Waals surface area contributed by atoms with E-state index in [1.807, 2.05) is 4.68 Å². The summed E-state index contributed by atoms with van der Waals surface area (Å²) >= 11 is 0. The molecule has 0 saturated carbocycles. The predicted molar refractivity (Wildman–Crippen MR) is 45.6 cm³/mol. The van der Waals surface area contributed by atoms with Crippen molar-refractivity contribution in [3.05, 3.63) is 12.7 Å². The molecule has 0 spiro atoms. The first-order valence-corrected chi connectivity index (χ1v) is 4.48. The molecule has 1 saturated heterocycles. The molecule has 12 heavy (non-hydrogen) atoms. The third kappa shape index (κ3) is 1.82. The topological polar surface area (TPSA) is 42.7 Å². The van der Waals surface area contributed by atoms with Crippen LogP contribution < -0.4 is 5.32 Å². The molecule has 4 heteroatoms. The lowest BCUT2D eigenvalue weighted by atomic mass is 10.00. The zero-order valence-corrected chi connectivity index (χ0v) is 7.11. The van der Waals surface area contributed by atoms with E-state index in [9.17, 15) is 0 Å². The summed E-state index contributed by atoms with van der Waals surface area (Å²) in [6, 6.07) is 0. The van der Waals surface area contributed by atoms with Crippen LogP contribution in [0.2, 0.25) is 0 Å². The van der Waals surface area contributed by atoms with Crippen molar-refractivity contribution in [1.29, 1.82) is 0 Å². The summed E-state index contributed by atoms with van der Waals surface area (Å²) in [6.07, 6.45) is 5.98. The fraction of sp³-hybridized carbons (Fsp3) is 0.750. The Hall–Kier alpha value is -0.900.